The van der Waals surface area contributed by atoms with E-state index in [2.05, 4.69) is 5.32 Å². The Morgan fingerprint density at radius 1 is 1.56 bits per heavy atom. The van der Waals surface area contributed by atoms with Crippen molar-refractivity contribution in [1.82, 2.24) is 0 Å². The van der Waals surface area contributed by atoms with Gasteiger partial charge in [0.2, 0.25) is 5.91 Å². The van der Waals surface area contributed by atoms with Crippen LogP contribution in [0.25, 0.3) is 0 Å². The van der Waals surface area contributed by atoms with Crippen LogP contribution >= 0.6 is 23.4 Å². The van der Waals surface area contributed by atoms with Crippen LogP contribution in [-0.2, 0) is 4.79 Å². The van der Waals surface area contributed by atoms with Crippen LogP contribution in [0.15, 0.2) is 12.1 Å². The molecule has 0 bridgehead atoms. The summed E-state index contributed by atoms with van der Waals surface area (Å²) >= 11 is 7.86. The zero-order valence-corrected chi connectivity index (χ0v) is 12.0. The number of benzene rings is 1. The maximum atomic E-state index is 12.1. The average Bonchev–Trinajstić information content (AvgIpc) is 2.87. The maximum Gasteiger partial charge on any atom is 0.228 e. The second-order valence-electron chi connectivity index (χ2n) is 4.35. The molecule has 1 unspecified atom stereocenters. The highest BCUT2D eigenvalue weighted by molar-refractivity contribution is 7.99. The Bertz CT molecular complexity index is 459. The van der Waals surface area contributed by atoms with Gasteiger partial charge in [0, 0.05) is 22.8 Å². The van der Waals surface area contributed by atoms with Crippen molar-refractivity contribution in [2.45, 2.75) is 13.3 Å². The SMILES string of the molecule is COc1cc(Cl)c(C)cc1NC(=O)C1CCSC1. The van der Waals surface area contributed by atoms with Crippen LogP contribution in [-0.4, -0.2) is 24.5 Å². The lowest BCUT2D eigenvalue weighted by Crippen LogP contribution is -2.22. The number of ether oxygens (including phenoxy) is 1. The van der Waals surface area contributed by atoms with Crippen molar-refractivity contribution in [2.75, 3.05) is 23.9 Å². The van der Waals surface area contributed by atoms with E-state index in [-0.39, 0.29) is 11.8 Å². The molecule has 1 saturated heterocycles. The summed E-state index contributed by atoms with van der Waals surface area (Å²) in [7, 11) is 1.57. The molecule has 0 radical (unpaired) electrons. The van der Waals surface area contributed by atoms with E-state index in [1.807, 2.05) is 24.8 Å². The molecule has 1 amide bonds. The topological polar surface area (TPSA) is 38.3 Å². The molecule has 18 heavy (non-hydrogen) atoms. The predicted molar refractivity (Wildman–Crippen MR) is 76.8 cm³/mol. The fourth-order valence-electron chi connectivity index (χ4n) is 1.91. The monoisotopic (exact) mass is 285 g/mol. The molecular formula is C13H16ClNO2S. The number of aryl methyl sites for hydroxylation is 1. The summed E-state index contributed by atoms with van der Waals surface area (Å²) in [5.41, 5.74) is 1.62. The van der Waals surface area contributed by atoms with E-state index < -0.39 is 0 Å². The smallest absolute Gasteiger partial charge is 0.228 e. The number of carbonyl (C=O) groups is 1. The highest BCUT2D eigenvalue weighted by Gasteiger charge is 2.24. The maximum absolute atomic E-state index is 12.1. The molecule has 1 N–H and O–H groups in total. The fraction of sp³-hybridized carbons (Fsp3) is 0.462. The summed E-state index contributed by atoms with van der Waals surface area (Å²) in [6.45, 7) is 1.91. The zero-order chi connectivity index (χ0) is 13.1. The van der Waals surface area contributed by atoms with Crippen LogP contribution in [0.5, 0.6) is 5.75 Å². The number of amides is 1. The lowest BCUT2D eigenvalue weighted by atomic mass is 10.1. The van der Waals surface area contributed by atoms with Crippen molar-refractivity contribution >= 4 is 35.0 Å². The van der Waals surface area contributed by atoms with Crippen LogP contribution in [0, 0.1) is 12.8 Å². The molecule has 0 aromatic heterocycles. The number of hydrogen-bond donors (Lipinski definition) is 1. The molecule has 98 valence electrons. The fourth-order valence-corrected chi connectivity index (χ4v) is 3.28. The minimum atomic E-state index is 0.0695. The highest BCUT2D eigenvalue weighted by Crippen LogP contribution is 2.32. The molecule has 1 atom stereocenters. The summed E-state index contributed by atoms with van der Waals surface area (Å²) in [6, 6.07) is 3.58. The summed E-state index contributed by atoms with van der Waals surface area (Å²) in [5.74, 6) is 2.75. The molecule has 0 spiro atoms. The van der Waals surface area contributed by atoms with Crippen molar-refractivity contribution in [3.05, 3.63) is 22.7 Å². The van der Waals surface area contributed by atoms with Gasteiger partial charge in [0.05, 0.1) is 12.8 Å². The van der Waals surface area contributed by atoms with Gasteiger partial charge in [-0.15, -0.1) is 0 Å². The van der Waals surface area contributed by atoms with E-state index in [4.69, 9.17) is 16.3 Å². The first-order valence-corrected chi connectivity index (χ1v) is 7.38. The Morgan fingerprint density at radius 3 is 2.94 bits per heavy atom. The second kappa shape index (κ2) is 5.85. The number of nitrogens with one attached hydrogen (secondary N) is 1. The normalized spacial score (nSPS) is 18.7. The van der Waals surface area contributed by atoms with E-state index in [9.17, 15) is 4.79 Å². The Hall–Kier alpha value is -0.870. The molecule has 5 heteroatoms. The Morgan fingerprint density at radius 2 is 2.33 bits per heavy atom. The minimum absolute atomic E-state index is 0.0695. The second-order valence-corrected chi connectivity index (χ2v) is 5.91. The molecule has 1 aliphatic heterocycles. The van der Waals surface area contributed by atoms with Gasteiger partial charge in [0.15, 0.2) is 0 Å². The molecule has 3 nitrogen and oxygen atoms in total. The molecule has 0 saturated carbocycles. The van der Waals surface area contributed by atoms with E-state index in [0.29, 0.717) is 16.5 Å². The van der Waals surface area contributed by atoms with E-state index >= 15 is 0 Å². The summed E-state index contributed by atoms with van der Waals surface area (Å²) < 4.78 is 5.24. The van der Waals surface area contributed by atoms with Crippen molar-refractivity contribution in [1.29, 1.82) is 0 Å². The van der Waals surface area contributed by atoms with E-state index in [0.717, 1.165) is 23.5 Å². The number of methoxy groups -OCH3 is 1. The third-order valence-corrected chi connectivity index (χ3v) is 4.61. The third kappa shape index (κ3) is 2.93. The molecule has 1 aromatic rings. The first-order chi connectivity index (χ1) is 8.61. The lowest BCUT2D eigenvalue weighted by Gasteiger charge is -2.14. The number of carbonyl (C=O) groups excluding carboxylic acids is 1. The summed E-state index contributed by atoms with van der Waals surface area (Å²) in [4.78, 5) is 12.1. The van der Waals surface area contributed by atoms with Crippen LogP contribution in [0.4, 0.5) is 5.69 Å². The zero-order valence-electron chi connectivity index (χ0n) is 10.5. The van der Waals surface area contributed by atoms with Crippen LogP contribution in [0.1, 0.15) is 12.0 Å². The van der Waals surface area contributed by atoms with Crippen LogP contribution in [0.2, 0.25) is 5.02 Å². The number of rotatable bonds is 3. The van der Waals surface area contributed by atoms with Crippen molar-refractivity contribution < 1.29 is 9.53 Å². The van der Waals surface area contributed by atoms with Gasteiger partial charge in [0.25, 0.3) is 0 Å². The number of hydrogen-bond acceptors (Lipinski definition) is 3. The summed E-state index contributed by atoms with van der Waals surface area (Å²) in [5, 5.41) is 3.58. The average molecular weight is 286 g/mol. The summed E-state index contributed by atoms with van der Waals surface area (Å²) in [6.07, 6.45) is 0.950. The van der Waals surface area contributed by atoms with Gasteiger partial charge >= 0.3 is 0 Å². The molecule has 2 rings (SSSR count). The van der Waals surface area contributed by atoms with Gasteiger partial charge in [-0.05, 0) is 30.7 Å². The molecular weight excluding hydrogens is 270 g/mol. The largest absolute Gasteiger partial charge is 0.495 e. The van der Waals surface area contributed by atoms with Gasteiger partial charge < -0.3 is 10.1 Å². The van der Waals surface area contributed by atoms with Crippen molar-refractivity contribution in [3.63, 3.8) is 0 Å². The van der Waals surface area contributed by atoms with Gasteiger partial charge in [-0.1, -0.05) is 11.6 Å². The number of thioether (sulfide) groups is 1. The number of anilines is 1. The van der Waals surface area contributed by atoms with Gasteiger partial charge in [-0.2, -0.15) is 11.8 Å². The molecule has 1 aliphatic rings. The number of halogens is 1. The molecule has 1 aromatic carbocycles. The minimum Gasteiger partial charge on any atom is -0.495 e. The quantitative estimate of drug-likeness (QED) is 0.925. The third-order valence-electron chi connectivity index (χ3n) is 3.04. The van der Waals surface area contributed by atoms with Gasteiger partial charge in [-0.3, -0.25) is 4.79 Å². The van der Waals surface area contributed by atoms with E-state index in [1.54, 1.807) is 13.2 Å². The Kier molecular flexibility index (Phi) is 4.40. The Labute approximate surface area is 116 Å². The molecule has 1 fully saturated rings. The highest BCUT2D eigenvalue weighted by atomic mass is 35.5. The van der Waals surface area contributed by atoms with Crippen LogP contribution in [0.3, 0.4) is 0 Å². The first-order valence-electron chi connectivity index (χ1n) is 5.84. The van der Waals surface area contributed by atoms with E-state index in [1.165, 1.54) is 0 Å². The first kappa shape index (κ1) is 13.6. The molecule has 0 aliphatic carbocycles. The van der Waals surface area contributed by atoms with Gasteiger partial charge in [0.1, 0.15) is 5.75 Å². The standard InChI is InChI=1S/C13H16ClNO2S/c1-8-5-11(12(17-2)6-10(8)14)15-13(16)9-3-4-18-7-9/h5-6,9H,3-4,7H2,1-2H3,(H,15,16). The van der Waals surface area contributed by atoms with Crippen molar-refractivity contribution in [3.8, 4) is 5.75 Å². The predicted octanol–water partition coefficient (Wildman–Crippen LogP) is 3.35. The molecule has 1 heterocycles. The Balaban J connectivity index is 2.17. The van der Waals surface area contributed by atoms with Crippen LogP contribution < -0.4 is 10.1 Å². The van der Waals surface area contributed by atoms with Crippen molar-refractivity contribution in [2.24, 2.45) is 5.92 Å². The lowest BCUT2D eigenvalue weighted by molar-refractivity contribution is -0.119. The van der Waals surface area contributed by atoms with Gasteiger partial charge in [-0.25, -0.2) is 0 Å².